The summed E-state index contributed by atoms with van der Waals surface area (Å²) in [4.78, 5) is 16.9. The molecule has 140 valence electrons. The Balaban J connectivity index is 0.00000225. The van der Waals surface area contributed by atoms with Crippen molar-refractivity contribution in [3.63, 3.8) is 0 Å². The standard InChI is InChI=1S/C17H23F2N3O2.ClH/c18-15-2-1-13(11-16(15)19)17(23)22(14-3-4-20-12-14)6-5-21-7-9-24-10-8-21;/h1-2,11,14,20H,3-10,12H2;1H. The molecule has 3 rings (SSSR count). The van der Waals surface area contributed by atoms with Crippen molar-refractivity contribution in [2.45, 2.75) is 12.5 Å². The number of nitrogens with zero attached hydrogens (tertiary/aromatic N) is 2. The molecular weight excluding hydrogens is 352 g/mol. The monoisotopic (exact) mass is 375 g/mol. The molecule has 2 aliphatic rings. The number of nitrogens with one attached hydrogen (secondary N) is 1. The van der Waals surface area contributed by atoms with Gasteiger partial charge < -0.3 is 15.0 Å². The average molecular weight is 376 g/mol. The molecule has 1 aromatic carbocycles. The molecule has 2 heterocycles. The van der Waals surface area contributed by atoms with Crippen LogP contribution in [0.2, 0.25) is 0 Å². The Bertz CT molecular complexity index is 579. The summed E-state index contributed by atoms with van der Waals surface area (Å²) in [5.41, 5.74) is 0.197. The van der Waals surface area contributed by atoms with E-state index >= 15 is 0 Å². The molecule has 0 radical (unpaired) electrons. The lowest BCUT2D eigenvalue weighted by Gasteiger charge is -2.33. The van der Waals surface area contributed by atoms with Gasteiger partial charge in [0, 0.05) is 44.3 Å². The van der Waals surface area contributed by atoms with Gasteiger partial charge >= 0.3 is 0 Å². The van der Waals surface area contributed by atoms with E-state index in [0.29, 0.717) is 19.8 Å². The summed E-state index contributed by atoms with van der Waals surface area (Å²) in [5, 5.41) is 3.26. The number of ether oxygens (including phenoxy) is 1. The van der Waals surface area contributed by atoms with Crippen LogP contribution in [0, 0.1) is 11.6 Å². The van der Waals surface area contributed by atoms with Gasteiger partial charge in [-0.15, -0.1) is 12.4 Å². The summed E-state index contributed by atoms with van der Waals surface area (Å²) in [6.07, 6.45) is 0.874. The number of morpholine rings is 1. The maximum absolute atomic E-state index is 13.5. The highest BCUT2D eigenvalue weighted by Crippen LogP contribution is 2.16. The fraction of sp³-hybridized carbons (Fsp3) is 0.588. The molecule has 2 aliphatic heterocycles. The average Bonchev–Trinajstić information content (AvgIpc) is 3.12. The lowest BCUT2D eigenvalue weighted by molar-refractivity contribution is 0.0301. The van der Waals surface area contributed by atoms with E-state index in [1.165, 1.54) is 6.07 Å². The molecule has 1 N–H and O–H groups in total. The first-order chi connectivity index (χ1) is 11.6. The van der Waals surface area contributed by atoms with Gasteiger partial charge in [0.2, 0.25) is 0 Å². The lowest BCUT2D eigenvalue weighted by Crippen LogP contribution is -2.47. The summed E-state index contributed by atoms with van der Waals surface area (Å²) in [7, 11) is 0. The highest BCUT2D eigenvalue weighted by atomic mass is 35.5. The van der Waals surface area contributed by atoms with Crippen molar-refractivity contribution >= 4 is 18.3 Å². The minimum Gasteiger partial charge on any atom is -0.379 e. The summed E-state index contributed by atoms with van der Waals surface area (Å²) in [6, 6.07) is 3.44. The van der Waals surface area contributed by atoms with Gasteiger partial charge in [-0.2, -0.15) is 0 Å². The number of halogens is 3. The van der Waals surface area contributed by atoms with Crippen LogP contribution in [0.4, 0.5) is 8.78 Å². The van der Waals surface area contributed by atoms with Crippen LogP contribution in [-0.2, 0) is 4.74 Å². The van der Waals surface area contributed by atoms with E-state index in [9.17, 15) is 13.6 Å². The Hall–Kier alpha value is -1.28. The molecule has 0 bridgehead atoms. The van der Waals surface area contributed by atoms with Gasteiger partial charge in [0.1, 0.15) is 0 Å². The number of amides is 1. The van der Waals surface area contributed by atoms with E-state index in [-0.39, 0.29) is 29.9 Å². The number of carbonyl (C=O) groups is 1. The van der Waals surface area contributed by atoms with E-state index in [1.54, 1.807) is 4.90 Å². The fourth-order valence-corrected chi connectivity index (χ4v) is 3.22. The normalized spacial score (nSPS) is 21.0. The van der Waals surface area contributed by atoms with Crippen LogP contribution in [0.25, 0.3) is 0 Å². The summed E-state index contributed by atoms with van der Waals surface area (Å²) in [5.74, 6) is -2.16. The third kappa shape index (κ3) is 5.10. The molecule has 1 aromatic rings. The molecule has 0 aromatic heterocycles. The van der Waals surface area contributed by atoms with Crippen LogP contribution in [0.15, 0.2) is 18.2 Å². The van der Waals surface area contributed by atoms with Gasteiger partial charge in [-0.3, -0.25) is 9.69 Å². The summed E-state index contributed by atoms with van der Waals surface area (Å²) < 4.78 is 31.9. The van der Waals surface area contributed by atoms with Crippen molar-refractivity contribution in [3.05, 3.63) is 35.4 Å². The molecule has 2 fully saturated rings. The Morgan fingerprint density at radius 2 is 2.04 bits per heavy atom. The van der Waals surface area contributed by atoms with Crippen molar-refractivity contribution in [2.24, 2.45) is 0 Å². The van der Waals surface area contributed by atoms with Gasteiger partial charge in [0.25, 0.3) is 5.91 Å². The van der Waals surface area contributed by atoms with E-state index in [4.69, 9.17) is 4.74 Å². The van der Waals surface area contributed by atoms with E-state index in [2.05, 4.69) is 10.2 Å². The smallest absolute Gasteiger partial charge is 0.254 e. The number of rotatable bonds is 5. The minimum atomic E-state index is -0.987. The van der Waals surface area contributed by atoms with Crippen LogP contribution in [0.5, 0.6) is 0 Å². The highest BCUT2D eigenvalue weighted by Gasteiger charge is 2.28. The fourth-order valence-electron chi connectivity index (χ4n) is 3.22. The SMILES string of the molecule is Cl.O=C(c1ccc(F)c(F)c1)N(CCN1CCOCC1)C1CCNC1. The van der Waals surface area contributed by atoms with E-state index in [1.807, 2.05) is 0 Å². The molecular formula is C17H24ClF2N3O2. The van der Waals surface area contributed by atoms with Gasteiger partial charge in [0.15, 0.2) is 11.6 Å². The van der Waals surface area contributed by atoms with Crippen LogP contribution < -0.4 is 5.32 Å². The van der Waals surface area contributed by atoms with Crippen LogP contribution in [0.3, 0.4) is 0 Å². The second-order valence-corrected chi connectivity index (χ2v) is 6.23. The molecule has 1 amide bonds. The van der Waals surface area contributed by atoms with Crippen LogP contribution >= 0.6 is 12.4 Å². The second kappa shape index (κ2) is 9.43. The van der Waals surface area contributed by atoms with Crippen molar-refractivity contribution < 1.29 is 18.3 Å². The summed E-state index contributed by atoms with van der Waals surface area (Å²) in [6.45, 7) is 6.07. The Morgan fingerprint density at radius 1 is 1.28 bits per heavy atom. The van der Waals surface area contributed by atoms with Gasteiger partial charge in [-0.1, -0.05) is 0 Å². The number of hydrogen-bond acceptors (Lipinski definition) is 4. The highest BCUT2D eigenvalue weighted by molar-refractivity contribution is 5.94. The molecule has 0 spiro atoms. The Morgan fingerprint density at radius 3 is 2.68 bits per heavy atom. The van der Waals surface area contributed by atoms with Gasteiger partial charge in [-0.25, -0.2) is 8.78 Å². The van der Waals surface area contributed by atoms with Crippen molar-refractivity contribution in [2.75, 3.05) is 52.5 Å². The summed E-state index contributed by atoms with van der Waals surface area (Å²) >= 11 is 0. The first-order valence-electron chi connectivity index (χ1n) is 8.42. The van der Waals surface area contributed by atoms with E-state index < -0.39 is 11.6 Å². The van der Waals surface area contributed by atoms with Crippen LogP contribution in [-0.4, -0.2) is 74.2 Å². The Labute approximate surface area is 152 Å². The quantitative estimate of drug-likeness (QED) is 0.847. The molecule has 5 nitrogen and oxygen atoms in total. The van der Waals surface area contributed by atoms with Crippen molar-refractivity contribution in [1.29, 1.82) is 0 Å². The number of hydrogen-bond donors (Lipinski definition) is 1. The lowest BCUT2D eigenvalue weighted by atomic mass is 10.1. The van der Waals surface area contributed by atoms with Gasteiger partial charge in [-0.05, 0) is 31.2 Å². The topological polar surface area (TPSA) is 44.8 Å². The van der Waals surface area contributed by atoms with Crippen LogP contribution in [0.1, 0.15) is 16.8 Å². The first-order valence-corrected chi connectivity index (χ1v) is 8.42. The molecule has 2 saturated heterocycles. The maximum atomic E-state index is 13.5. The van der Waals surface area contributed by atoms with Crippen molar-refractivity contribution in [3.8, 4) is 0 Å². The third-order valence-electron chi connectivity index (χ3n) is 4.66. The van der Waals surface area contributed by atoms with Crippen molar-refractivity contribution in [1.82, 2.24) is 15.1 Å². The maximum Gasteiger partial charge on any atom is 0.254 e. The zero-order chi connectivity index (χ0) is 16.9. The molecule has 1 atom stereocenters. The predicted octanol–water partition coefficient (Wildman–Crippen LogP) is 1.52. The third-order valence-corrected chi connectivity index (χ3v) is 4.66. The molecule has 0 saturated carbocycles. The van der Waals surface area contributed by atoms with E-state index in [0.717, 1.165) is 51.3 Å². The Kier molecular flexibility index (Phi) is 7.56. The molecule has 1 unspecified atom stereocenters. The first kappa shape index (κ1) is 20.0. The molecule has 8 heteroatoms. The number of benzene rings is 1. The molecule has 25 heavy (non-hydrogen) atoms. The molecule has 0 aliphatic carbocycles. The number of carbonyl (C=O) groups excluding carboxylic acids is 1. The predicted molar refractivity (Wildman–Crippen MR) is 93.2 cm³/mol. The minimum absolute atomic E-state index is 0. The largest absolute Gasteiger partial charge is 0.379 e. The van der Waals surface area contributed by atoms with Gasteiger partial charge in [0.05, 0.1) is 13.2 Å². The zero-order valence-corrected chi connectivity index (χ0v) is 14.9. The second-order valence-electron chi connectivity index (χ2n) is 6.23. The zero-order valence-electron chi connectivity index (χ0n) is 14.0.